The van der Waals surface area contributed by atoms with Crippen molar-refractivity contribution in [3.8, 4) is 0 Å². The summed E-state index contributed by atoms with van der Waals surface area (Å²) in [4.78, 5) is 12.0. The van der Waals surface area contributed by atoms with Crippen LogP contribution in [0.3, 0.4) is 0 Å². The van der Waals surface area contributed by atoms with E-state index in [-0.39, 0.29) is 5.91 Å². The molecule has 0 heterocycles. The first kappa shape index (κ1) is 14.5. The van der Waals surface area contributed by atoms with Crippen molar-refractivity contribution in [1.82, 2.24) is 5.32 Å². The molecule has 2 N–H and O–H groups in total. The first-order chi connectivity index (χ1) is 9.19. The molecule has 0 aromatic heterocycles. The van der Waals surface area contributed by atoms with Crippen LogP contribution >= 0.6 is 15.9 Å². The van der Waals surface area contributed by atoms with Gasteiger partial charge in [0.1, 0.15) is 0 Å². The molecule has 0 radical (unpaired) electrons. The van der Waals surface area contributed by atoms with Crippen molar-refractivity contribution in [2.75, 3.05) is 12.4 Å². The molecular weight excluding hydrogens is 304 g/mol. The number of benzene rings is 1. The highest BCUT2D eigenvalue weighted by molar-refractivity contribution is 9.10. The number of carbonyl (C=O) groups is 1. The number of amides is 1. The van der Waals surface area contributed by atoms with Crippen molar-refractivity contribution >= 4 is 27.5 Å². The maximum absolute atomic E-state index is 12.0. The molecule has 19 heavy (non-hydrogen) atoms. The highest BCUT2D eigenvalue weighted by Gasteiger charge is 2.22. The second-order valence-corrected chi connectivity index (χ2v) is 6.09. The van der Waals surface area contributed by atoms with Crippen LogP contribution < -0.4 is 10.6 Å². The Hall–Kier alpha value is -0.870. The first-order valence-corrected chi connectivity index (χ1v) is 7.70. The summed E-state index contributed by atoms with van der Waals surface area (Å²) in [6.07, 6.45) is 5.30. The fourth-order valence-electron chi connectivity index (χ4n) is 2.68. The number of nitrogens with one attached hydrogen (secondary N) is 2. The van der Waals surface area contributed by atoms with Crippen molar-refractivity contribution in [2.45, 2.75) is 38.1 Å². The number of halogens is 1. The maximum atomic E-state index is 12.0. The molecule has 1 aliphatic rings. The van der Waals surface area contributed by atoms with E-state index < -0.39 is 0 Å². The molecule has 3 nitrogen and oxygen atoms in total. The number of hydrogen-bond acceptors (Lipinski definition) is 2. The molecule has 2 rings (SSSR count). The number of anilines is 1. The maximum Gasteiger partial charge on any atom is 0.224 e. The minimum atomic E-state index is 0.125. The largest absolute Gasteiger partial charge is 0.325 e. The normalized spacial score (nSPS) is 23.1. The van der Waals surface area contributed by atoms with E-state index >= 15 is 0 Å². The average Bonchev–Trinajstić information content (AvgIpc) is 2.42. The zero-order valence-corrected chi connectivity index (χ0v) is 12.9. The van der Waals surface area contributed by atoms with Crippen molar-refractivity contribution < 1.29 is 4.79 Å². The van der Waals surface area contributed by atoms with Gasteiger partial charge in [-0.2, -0.15) is 0 Å². The molecule has 1 amide bonds. The van der Waals surface area contributed by atoms with Gasteiger partial charge < -0.3 is 10.6 Å². The minimum absolute atomic E-state index is 0.125. The van der Waals surface area contributed by atoms with Crippen LogP contribution in [0.5, 0.6) is 0 Å². The summed E-state index contributed by atoms with van der Waals surface area (Å²) in [7, 11) is 2.02. The van der Waals surface area contributed by atoms with Gasteiger partial charge in [0, 0.05) is 16.9 Å². The lowest BCUT2D eigenvalue weighted by Crippen LogP contribution is -2.31. The Balaban J connectivity index is 1.81. The highest BCUT2D eigenvalue weighted by Crippen LogP contribution is 2.28. The molecule has 0 aliphatic heterocycles. The molecule has 4 heteroatoms. The lowest BCUT2D eigenvalue weighted by Gasteiger charge is -2.27. The van der Waals surface area contributed by atoms with Crippen LogP contribution in [0.25, 0.3) is 0 Å². The SMILES string of the molecule is CNC1CCC(CC(=O)Nc2ccccc2Br)CC1. The molecule has 104 valence electrons. The van der Waals surface area contributed by atoms with Gasteiger partial charge in [0.15, 0.2) is 0 Å². The topological polar surface area (TPSA) is 41.1 Å². The monoisotopic (exact) mass is 324 g/mol. The van der Waals surface area contributed by atoms with Crippen LogP contribution in [0.1, 0.15) is 32.1 Å². The summed E-state index contributed by atoms with van der Waals surface area (Å²) < 4.78 is 0.933. The van der Waals surface area contributed by atoms with E-state index in [0.29, 0.717) is 18.4 Å². The van der Waals surface area contributed by atoms with Crippen LogP contribution in [0, 0.1) is 5.92 Å². The number of para-hydroxylation sites is 1. The van der Waals surface area contributed by atoms with Gasteiger partial charge in [-0.05, 0) is 66.7 Å². The van der Waals surface area contributed by atoms with E-state index in [2.05, 4.69) is 26.6 Å². The van der Waals surface area contributed by atoms with E-state index in [4.69, 9.17) is 0 Å². The van der Waals surface area contributed by atoms with Crippen LogP contribution in [0.15, 0.2) is 28.7 Å². The second-order valence-electron chi connectivity index (χ2n) is 5.24. The van der Waals surface area contributed by atoms with Gasteiger partial charge in [-0.3, -0.25) is 4.79 Å². The van der Waals surface area contributed by atoms with Crippen LogP contribution in [0.2, 0.25) is 0 Å². The smallest absolute Gasteiger partial charge is 0.224 e. The lowest BCUT2D eigenvalue weighted by molar-refractivity contribution is -0.117. The Morgan fingerprint density at radius 1 is 1.26 bits per heavy atom. The summed E-state index contributed by atoms with van der Waals surface area (Å²) >= 11 is 3.44. The average molecular weight is 325 g/mol. The second kappa shape index (κ2) is 7.06. The molecule has 1 aliphatic carbocycles. The van der Waals surface area contributed by atoms with Gasteiger partial charge >= 0.3 is 0 Å². The van der Waals surface area contributed by atoms with E-state index in [1.54, 1.807) is 0 Å². The lowest BCUT2D eigenvalue weighted by atomic mass is 9.84. The summed E-state index contributed by atoms with van der Waals surface area (Å²) in [6.45, 7) is 0. The summed E-state index contributed by atoms with van der Waals surface area (Å²) in [5.74, 6) is 0.659. The van der Waals surface area contributed by atoms with Crippen molar-refractivity contribution in [3.63, 3.8) is 0 Å². The van der Waals surface area contributed by atoms with Crippen LogP contribution in [-0.4, -0.2) is 19.0 Å². The van der Waals surface area contributed by atoms with Gasteiger partial charge in [0.25, 0.3) is 0 Å². The molecule has 0 spiro atoms. The Labute approximate surface area is 123 Å². The molecule has 0 atom stereocenters. The fourth-order valence-corrected chi connectivity index (χ4v) is 3.07. The number of rotatable bonds is 4. The van der Waals surface area contributed by atoms with Crippen molar-refractivity contribution in [1.29, 1.82) is 0 Å². The summed E-state index contributed by atoms with van der Waals surface area (Å²) in [5.41, 5.74) is 0.858. The van der Waals surface area contributed by atoms with E-state index in [0.717, 1.165) is 23.0 Å². The minimum Gasteiger partial charge on any atom is -0.325 e. The Morgan fingerprint density at radius 2 is 1.95 bits per heavy atom. The quantitative estimate of drug-likeness (QED) is 0.889. The van der Waals surface area contributed by atoms with Gasteiger partial charge in [-0.15, -0.1) is 0 Å². The van der Waals surface area contributed by atoms with Crippen LogP contribution in [-0.2, 0) is 4.79 Å². The third kappa shape index (κ3) is 4.32. The summed E-state index contributed by atoms with van der Waals surface area (Å²) in [6, 6.07) is 8.37. The van der Waals surface area contributed by atoms with Gasteiger partial charge in [-0.25, -0.2) is 0 Å². The predicted molar refractivity (Wildman–Crippen MR) is 82.2 cm³/mol. The zero-order valence-electron chi connectivity index (χ0n) is 11.3. The molecule has 1 fully saturated rings. The van der Waals surface area contributed by atoms with Crippen LogP contribution in [0.4, 0.5) is 5.69 Å². The molecule has 0 unspecified atom stereocenters. The first-order valence-electron chi connectivity index (χ1n) is 6.90. The third-order valence-electron chi connectivity index (χ3n) is 3.88. The standard InChI is InChI=1S/C15H21BrN2O/c1-17-12-8-6-11(7-9-12)10-15(19)18-14-5-3-2-4-13(14)16/h2-5,11-12,17H,6-10H2,1H3,(H,18,19). The molecule has 1 aromatic rings. The van der Waals surface area contributed by atoms with Gasteiger partial charge in [0.2, 0.25) is 5.91 Å². The number of carbonyl (C=O) groups excluding carboxylic acids is 1. The highest BCUT2D eigenvalue weighted by atomic mass is 79.9. The molecule has 0 saturated heterocycles. The molecule has 1 aromatic carbocycles. The predicted octanol–water partition coefficient (Wildman–Crippen LogP) is 3.56. The Bertz CT molecular complexity index is 428. The molecular formula is C15H21BrN2O. The zero-order chi connectivity index (χ0) is 13.7. The Morgan fingerprint density at radius 3 is 2.58 bits per heavy atom. The summed E-state index contributed by atoms with van der Waals surface area (Å²) in [5, 5.41) is 6.30. The molecule has 0 bridgehead atoms. The van der Waals surface area contributed by atoms with Gasteiger partial charge in [-0.1, -0.05) is 12.1 Å². The number of hydrogen-bond donors (Lipinski definition) is 2. The van der Waals surface area contributed by atoms with Crippen molar-refractivity contribution in [3.05, 3.63) is 28.7 Å². The third-order valence-corrected chi connectivity index (χ3v) is 4.57. The van der Waals surface area contributed by atoms with E-state index in [1.165, 1.54) is 12.8 Å². The van der Waals surface area contributed by atoms with Crippen molar-refractivity contribution in [2.24, 2.45) is 5.92 Å². The van der Waals surface area contributed by atoms with E-state index in [1.807, 2.05) is 31.3 Å². The molecule has 1 saturated carbocycles. The van der Waals surface area contributed by atoms with E-state index in [9.17, 15) is 4.79 Å². The Kier molecular flexibility index (Phi) is 5.40. The fraction of sp³-hybridized carbons (Fsp3) is 0.533. The van der Waals surface area contributed by atoms with Gasteiger partial charge in [0.05, 0.1) is 5.69 Å².